The van der Waals surface area contributed by atoms with Gasteiger partial charge in [-0.3, -0.25) is 0 Å². The quantitative estimate of drug-likeness (QED) is 0.723. The van der Waals surface area contributed by atoms with Crippen molar-refractivity contribution in [2.24, 2.45) is 0 Å². The first kappa shape index (κ1) is 17.1. The van der Waals surface area contributed by atoms with Gasteiger partial charge in [-0.1, -0.05) is 57.0 Å². The third kappa shape index (κ3) is 8.23. The fourth-order valence-corrected chi connectivity index (χ4v) is 1.85. The monoisotopic (exact) mass is 252 g/mol. The highest BCUT2D eigenvalue weighted by Crippen LogP contribution is 2.16. The standard InChI is InChI=1S/C8H11N.C5H11NO.C2H6/c1-9-7-8-5-3-2-4-6-8;7-6-5-3-1-2-4-5;1-2/h2-6,9H,7H2,1H3;5-7H,1-4H2;1-2H3. The number of hydrogen-bond acceptors (Lipinski definition) is 3. The van der Waals surface area contributed by atoms with Crippen molar-refractivity contribution in [3.63, 3.8) is 0 Å². The van der Waals surface area contributed by atoms with Crippen LogP contribution < -0.4 is 10.8 Å². The van der Waals surface area contributed by atoms with Gasteiger partial charge in [0.25, 0.3) is 0 Å². The Morgan fingerprint density at radius 1 is 1.11 bits per heavy atom. The van der Waals surface area contributed by atoms with Crippen molar-refractivity contribution in [3.05, 3.63) is 35.9 Å². The zero-order valence-electron chi connectivity index (χ0n) is 11.9. The summed E-state index contributed by atoms with van der Waals surface area (Å²) in [7, 11) is 1.95. The smallest absolute Gasteiger partial charge is 0.0319 e. The van der Waals surface area contributed by atoms with Crippen LogP contribution in [0.15, 0.2) is 30.3 Å². The molecule has 0 radical (unpaired) electrons. The predicted molar refractivity (Wildman–Crippen MR) is 77.7 cm³/mol. The first-order valence-corrected chi connectivity index (χ1v) is 6.95. The van der Waals surface area contributed by atoms with Crippen molar-refractivity contribution >= 4 is 0 Å². The Kier molecular flexibility index (Phi) is 11.9. The van der Waals surface area contributed by atoms with Crippen LogP contribution in [0.25, 0.3) is 0 Å². The molecule has 1 aliphatic carbocycles. The minimum absolute atomic E-state index is 0.403. The highest BCUT2D eigenvalue weighted by molar-refractivity contribution is 5.13. The van der Waals surface area contributed by atoms with Gasteiger partial charge in [0.15, 0.2) is 0 Å². The van der Waals surface area contributed by atoms with Gasteiger partial charge in [0.2, 0.25) is 0 Å². The summed E-state index contributed by atoms with van der Waals surface area (Å²) in [4.78, 5) is 0. The van der Waals surface area contributed by atoms with Gasteiger partial charge in [0.05, 0.1) is 0 Å². The van der Waals surface area contributed by atoms with Gasteiger partial charge in [0.1, 0.15) is 0 Å². The van der Waals surface area contributed by atoms with Crippen molar-refractivity contribution in [1.82, 2.24) is 10.8 Å². The molecule has 0 spiro atoms. The van der Waals surface area contributed by atoms with E-state index in [9.17, 15) is 0 Å². The van der Waals surface area contributed by atoms with E-state index in [4.69, 9.17) is 5.21 Å². The van der Waals surface area contributed by atoms with Gasteiger partial charge in [-0.15, -0.1) is 0 Å². The maximum atomic E-state index is 8.32. The number of benzene rings is 1. The Balaban J connectivity index is 0.000000289. The summed E-state index contributed by atoms with van der Waals surface area (Å²) >= 11 is 0. The highest BCUT2D eigenvalue weighted by atomic mass is 16.5. The van der Waals surface area contributed by atoms with Crippen LogP contribution in [0.5, 0.6) is 0 Å². The average Bonchev–Trinajstić information content (AvgIpc) is 2.97. The normalized spacial score (nSPS) is 14.2. The minimum Gasteiger partial charge on any atom is -0.317 e. The highest BCUT2D eigenvalue weighted by Gasteiger charge is 2.11. The zero-order chi connectivity index (χ0) is 13.6. The lowest BCUT2D eigenvalue weighted by Gasteiger charge is -2.01. The molecule has 1 aromatic rings. The van der Waals surface area contributed by atoms with Crippen LogP contribution in [0.3, 0.4) is 0 Å². The molecule has 2 rings (SSSR count). The summed E-state index contributed by atoms with van der Waals surface area (Å²) in [5.41, 5.74) is 3.60. The first-order valence-electron chi connectivity index (χ1n) is 6.95. The zero-order valence-corrected chi connectivity index (χ0v) is 11.9. The van der Waals surface area contributed by atoms with Crippen molar-refractivity contribution < 1.29 is 5.21 Å². The molecule has 1 saturated carbocycles. The number of hydroxylamine groups is 1. The molecule has 0 bridgehead atoms. The molecule has 1 aliphatic rings. The summed E-state index contributed by atoms with van der Waals surface area (Å²) in [6.07, 6.45) is 4.85. The van der Waals surface area contributed by atoms with Crippen molar-refractivity contribution in [2.75, 3.05) is 7.05 Å². The van der Waals surface area contributed by atoms with Crippen LogP contribution in [0.2, 0.25) is 0 Å². The molecular formula is C15H28N2O. The summed E-state index contributed by atoms with van der Waals surface area (Å²) in [5, 5.41) is 11.4. The Hall–Kier alpha value is -0.900. The van der Waals surface area contributed by atoms with Crippen molar-refractivity contribution in [1.29, 1.82) is 0 Å². The van der Waals surface area contributed by atoms with Crippen LogP contribution in [0, 0.1) is 0 Å². The van der Waals surface area contributed by atoms with E-state index < -0.39 is 0 Å². The molecule has 0 saturated heterocycles. The summed E-state index contributed by atoms with van der Waals surface area (Å²) in [5.74, 6) is 0. The lowest BCUT2D eigenvalue weighted by molar-refractivity contribution is 0.128. The second kappa shape index (κ2) is 12.6. The van der Waals surface area contributed by atoms with Gasteiger partial charge < -0.3 is 10.5 Å². The predicted octanol–water partition coefficient (Wildman–Crippen LogP) is 3.34. The van der Waals surface area contributed by atoms with Crippen LogP contribution >= 0.6 is 0 Å². The molecule has 1 fully saturated rings. The van der Waals surface area contributed by atoms with E-state index in [0.29, 0.717) is 6.04 Å². The summed E-state index contributed by atoms with van der Waals surface area (Å²) in [6, 6.07) is 10.7. The number of rotatable bonds is 3. The topological polar surface area (TPSA) is 44.3 Å². The van der Waals surface area contributed by atoms with E-state index in [-0.39, 0.29) is 0 Å². The second-order valence-corrected chi connectivity index (χ2v) is 4.13. The first-order chi connectivity index (χ1) is 8.86. The van der Waals surface area contributed by atoms with Gasteiger partial charge in [-0.25, -0.2) is 5.48 Å². The minimum atomic E-state index is 0.403. The van der Waals surface area contributed by atoms with Crippen molar-refractivity contribution in [2.45, 2.75) is 52.1 Å². The molecule has 1 aromatic carbocycles. The third-order valence-corrected chi connectivity index (χ3v) is 2.76. The fourth-order valence-electron chi connectivity index (χ4n) is 1.85. The molecular weight excluding hydrogens is 224 g/mol. The maximum Gasteiger partial charge on any atom is 0.0319 e. The van der Waals surface area contributed by atoms with E-state index in [0.717, 1.165) is 19.4 Å². The molecule has 104 valence electrons. The van der Waals surface area contributed by atoms with Crippen LogP contribution in [0.4, 0.5) is 0 Å². The van der Waals surface area contributed by atoms with Crippen molar-refractivity contribution in [3.8, 4) is 0 Å². The van der Waals surface area contributed by atoms with E-state index in [1.54, 1.807) is 0 Å². The van der Waals surface area contributed by atoms with Gasteiger partial charge in [-0.05, 0) is 25.5 Å². The van der Waals surface area contributed by atoms with E-state index in [1.165, 1.54) is 18.4 Å². The molecule has 0 amide bonds. The lowest BCUT2D eigenvalue weighted by Crippen LogP contribution is -2.21. The number of nitrogens with one attached hydrogen (secondary N) is 2. The van der Waals surface area contributed by atoms with E-state index in [2.05, 4.69) is 22.9 Å². The van der Waals surface area contributed by atoms with Crippen LogP contribution in [-0.2, 0) is 6.54 Å². The van der Waals surface area contributed by atoms with Gasteiger partial charge in [-0.2, -0.15) is 0 Å². The van der Waals surface area contributed by atoms with E-state index >= 15 is 0 Å². The molecule has 18 heavy (non-hydrogen) atoms. The molecule has 0 heterocycles. The Bertz CT molecular complexity index is 258. The molecule has 3 heteroatoms. The SMILES string of the molecule is CC.CNCc1ccccc1.ONC1CCCC1. The molecule has 0 atom stereocenters. The Labute approximate surface area is 112 Å². The van der Waals surface area contributed by atoms with Crippen LogP contribution in [0.1, 0.15) is 45.1 Å². The fraction of sp³-hybridized carbons (Fsp3) is 0.600. The Morgan fingerprint density at radius 2 is 1.67 bits per heavy atom. The molecule has 0 unspecified atom stereocenters. The van der Waals surface area contributed by atoms with Gasteiger partial charge >= 0.3 is 0 Å². The molecule has 3 N–H and O–H groups in total. The summed E-state index contributed by atoms with van der Waals surface area (Å²) < 4.78 is 0. The molecule has 3 nitrogen and oxygen atoms in total. The van der Waals surface area contributed by atoms with E-state index in [1.807, 2.05) is 39.1 Å². The third-order valence-electron chi connectivity index (χ3n) is 2.76. The van der Waals surface area contributed by atoms with Gasteiger partial charge in [0, 0.05) is 12.6 Å². The molecule has 0 aromatic heterocycles. The average molecular weight is 252 g/mol. The number of hydrogen-bond donors (Lipinski definition) is 3. The molecule has 0 aliphatic heterocycles. The maximum absolute atomic E-state index is 8.32. The summed E-state index contributed by atoms with van der Waals surface area (Å²) in [6.45, 7) is 4.96. The largest absolute Gasteiger partial charge is 0.317 e. The second-order valence-electron chi connectivity index (χ2n) is 4.13. The lowest BCUT2D eigenvalue weighted by atomic mass is 10.2. The Morgan fingerprint density at radius 3 is 2.06 bits per heavy atom. The van der Waals surface area contributed by atoms with Crippen LogP contribution in [-0.4, -0.2) is 18.3 Å².